The minimum atomic E-state index is -0.497. The van der Waals surface area contributed by atoms with Gasteiger partial charge in [-0.05, 0) is 44.5 Å². The van der Waals surface area contributed by atoms with Crippen LogP contribution < -0.4 is 5.32 Å². The second-order valence-electron chi connectivity index (χ2n) is 6.96. The van der Waals surface area contributed by atoms with E-state index < -0.39 is 11.2 Å². The Hall–Kier alpha value is -3.40. The molecule has 0 aliphatic heterocycles. The first-order valence-corrected chi connectivity index (χ1v) is 10.4. The molecule has 1 atom stereocenters. The highest BCUT2D eigenvalue weighted by molar-refractivity contribution is 8.00. The Kier molecular flexibility index (Phi) is 6.59. The lowest BCUT2D eigenvalue weighted by molar-refractivity contribution is -0.114. The van der Waals surface area contributed by atoms with Gasteiger partial charge < -0.3 is 15.0 Å². The number of Topliss-reactive ketones (excluding diaryl/α,β-unsaturated/α-hetero) is 1. The smallest absolute Gasteiger partial charge is 0.339 e. The van der Waals surface area contributed by atoms with E-state index >= 15 is 0 Å². The molecule has 31 heavy (non-hydrogen) atoms. The van der Waals surface area contributed by atoms with Crippen molar-refractivity contribution in [1.29, 1.82) is 0 Å². The molecule has 0 aliphatic carbocycles. The molecule has 2 N–H and O–H groups in total. The van der Waals surface area contributed by atoms with Crippen molar-refractivity contribution in [1.82, 2.24) is 19.7 Å². The zero-order valence-electron chi connectivity index (χ0n) is 17.8. The predicted octanol–water partition coefficient (Wildman–Crippen LogP) is 3.32. The summed E-state index contributed by atoms with van der Waals surface area (Å²) >= 11 is 1.25. The molecule has 0 spiro atoms. The van der Waals surface area contributed by atoms with Crippen molar-refractivity contribution in [3.8, 4) is 5.69 Å². The van der Waals surface area contributed by atoms with Gasteiger partial charge in [0.2, 0.25) is 5.91 Å². The second kappa shape index (κ2) is 9.17. The molecule has 0 saturated carbocycles. The first-order valence-electron chi connectivity index (χ1n) is 9.49. The van der Waals surface area contributed by atoms with Crippen LogP contribution in [0.4, 0.5) is 5.69 Å². The highest BCUT2D eigenvalue weighted by atomic mass is 32.2. The van der Waals surface area contributed by atoms with E-state index in [9.17, 15) is 14.4 Å². The summed E-state index contributed by atoms with van der Waals surface area (Å²) < 4.78 is 6.55. The number of carbonyl (C=O) groups is 3. The zero-order chi connectivity index (χ0) is 22.7. The number of hydrogen-bond donors (Lipinski definition) is 2. The van der Waals surface area contributed by atoms with E-state index in [-0.39, 0.29) is 11.7 Å². The van der Waals surface area contributed by atoms with E-state index in [1.165, 1.54) is 25.8 Å². The minimum Gasteiger partial charge on any atom is -0.465 e. The largest absolute Gasteiger partial charge is 0.465 e. The molecule has 0 radical (unpaired) electrons. The lowest BCUT2D eigenvalue weighted by Crippen LogP contribution is -2.16. The van der Waals surface area contributed by atoms with Gasteiger partial charge in [0.1, 0.15) is 6.33 Å². The first kappa shape index (κ1) is 22.3. The van der Waals surface area contributed by atoms with Crippen LogP contribution in [0.3, 0.4) is 0 Å². The van der Waals surface area contributed by atoms with Crippen molar-refractivity contribution in [2.75, 3.05) is 12.4 Å². The second-order valence-corrected chi connectivity index (χ2v) is 8.26. The lowest BCUT2D eigenvalue weighted by atomic mass is 10.1. The molecule has 1 unspecified atom stereocenters. The fourth-order valence-corrected chi connectivity index (χ4v) is 4.14. The summed E-state index contributed by atoms with van der Waals surface area (Å²) in [6.07, 6.45) is 1.55. The summed E-state index contributed by atoms with van der Waals surface area (Å²) in [6.45, 7) is 6.66. The predicted molar refractivity (Wildman–Crippen MR) is 117 cm³/mol. The van der Waals surface area contributed by atoms with Gasteiger partial charge in [-0.15, -0.1) is 10.2 Å². The number of benzene rings is 1. The number of aromatic nitrogens is 4. The Morgan fingerprint density at radius 3 is 2.68 bits per heavy atom. The molecular formula is C21H23N5O4S. The van der Waals surface area contributed by atoms with E-state index in [0.717, 1.165) is 5.69 Å². The number of esters is 1. The molecule has 0 aliphatic rings. The molecule has 2 aromatic heterocycles. The topological polar surface area (TPSA) is 119 Å². The highest BCUT2D eigenvalue weighted by Gasteiger charge is 2.27. The Morgan fingerprint density at radius 1 is 1.26 bits per heavy atom. The Morgan fingerprint density at radius 2 is 2.00 bits per heavy atom. The van der Waals surface area contributed by atoms with E-state index in [1.54, 1.807) is 43.8 Å². The molecular weight excluding hydrogens is 418 g/mol. The molecule has 0 saturated heterocycles. The Balaban J connectivity index is 1.84. The van der Waals surface area contributed by atoms with Crippen LogP contribution in [-0.4, -0.2) is 49.8 Å². The third-order valence-corrected chi connectivity index (χ3v) is 5.74. The molecule has 162 valence electrons. The fourth-order valence-electron chi connectivity index (χ4n) is 3.24. The molecule has 1 aromatic carbocycles. The summed E-state index contributed by atoms with van der Waals surface area (Å²) in [5, 5.41) is 10.9. The summed E-state index contributed by atoms with van der Waals surface area (Å²) in [5.41, 5.74) is 3.29. The standard InChI is InChI=1S/C21H23N5O4S/c1-11-17(20(29)30-5)12(2)23-18(11)19(28)13(3)31-21-25-22-10-26(21)16-8-6-7-15(9-16)24-14(4)27/h6-10,13,23H,1-5H3,(H,24,27). The van der Waals surface area contributed by atoms with Crippen LogP contribution in [-0.2, 0) is 9.53 Å². The SMILES string of the molecule is COC(=O)c1c(C)[nH]c(C(=O)C(C)Sc2nncn2-c2cccc(NC(C)=O)c2)c1C. The Labute approximate surface area is 183 Å². The van der Waals surface area contributed by atoms with Crippen molar-refractivity contribution >= 4 is 35.1 Å². The van der Waals surface area contributed by atoms with Crippen LogP contribution in [0.1, 0.15) is 46.0 Å². The van der Waals surface area contributed by atoms with Crippen molar-refractivity contribution in [2.24, 2.45) is 0 Å². The summed E-state index contributed by atoms with van der Waals surface area (Å²) in [4.78, 5) is 39.4. The monoisotopic (exact) mass is 441 g/mol. The summed E-state index contributed by atoms with van der Waals surface area (Å²) in [6, 6.07) is 7.24. The maximum atomic E-state index is 13.1. The Bertz CT molecular complexity index is 1150. The number of ketones is 1. The van der Waals surface area contributed by atoms with Crippen molar-refractivity contribution in [2.45, 2.75) is 38.1 Å². The van der Waals surface area contributed by atoms with Crippen molar-refractivity contribution < 1.29 is 19.1 Å². The van der Waals surface area contributed by atoms with Crippen molar-refractivity contribution in [3.05, 3.63) is 53.1 Å². The quantitative estimate of drug-likeness (QED) is 0.328. The summed E-state index contributed by atoms with van der Waals surface area (Å²) in [5.74, 6) is -0.815. The number of nitrogens with zero attached hydrogens (tertiary/aromatic N) is 3. The van der Waals surface area contributed by atoms with Crippen LogP contribution in [0.25, 0.3) is 5.69 Å². The number of H-pyrrole nitrogens is 1. The number of ether oxygens (including phenoxy) is 1. The third kappa shape index (κ3) is 4.69. The fraction of sp³-hybridized carbons (Fsp3) is 0.286. The van der Waals surface area contributed by atoms with E-state index in [0.29, 0.717) is 33.4 Å². The number of carbonyl (C=O) groups excluding carboxylic acids is 3. The number of methoxy groups -OCH3 is 1. The number of amides is 1. The van der Waals surface area contributed by atoms with Gasteiger partial charge in [0.25, 0.3) is 0 Å². The molecule has 2 heterocycles. The van der Waals surface area contributed by atoms with Crippen LogP contribution in [0.15, 0.2) is 35.7 Å². The molecule has 9 nitrogen and oxygen atoms in total. The number of rotatable bonds is 7. The number of nitrogens with one attached hydrogen (secondary N) is 2. The van der Waals surface area contributed by atoms with Gasteiger partial charge in [0.15, 0.2) is 10.9 Å². The maximum absolute atomic E-state index is 13.1. The lowest BCUT2D eigenvalue weighted by Gasteiger charge is -2.12. The van der Waals surface area contributed by atoms with E-state index in [2.05, 4.69) is 20.5 Å². The van der Waals surface area contributed by atoms with E-state index in [4.69, 9.17) is 4.74 Å². The average Bonchev–Trinajstić information content (AvgIpc) is 3.30. The van der Waals surface area contributed by atoms with Crippen LogP contribution in [0.2, 0.25) is 0 Å². The maximum Gasteiger partial charge on any atom is 0.339 e. The summed E-state index contributed by atoms with van der Waals surface area (Å²) in [7, 11) is 1.31. The van der Waals surface area contributed by atoms with Gasteiger partial charge in [0, 0.05) is 18.3 Å². The van der Waals surface area contributed by atoms with Gasteiger partial charge in [0.05, 0.1) is 29.3 Å². The average molecular weight is 442 g/mol. The highest BCUT2D eigenvalue weighted by Crippen LogP contribution is 2.29. The number of anilines is 1. The van der Waals surface area contributed by atoms with Gasteiger partial charge in [-0.25, -0.2) is 4.79 Å². The van der Waals surface area contributed by atoms with Gasteiger partial charge >= 0.3 is 5.97 Å². The van der Waals surface area contributed by atoms with Crippen LogP contribution >= 0.6 is 11.8 Å². The van der Waals surface area contributed by atoms with E-state index in [1.807, 2.05) is 12.1 Å². The van der Waals surface area contributed by atoms with Crippen LogP contribution in [0.5, 0.6) is 0 Å². The third-order valence-electron chi connectivity index (χ3n) is 4.69. The van der Waals surface area contributed by atoms with Gasteiger partial charge in [-0.1, -0.05) is 17.8 Å². The molecule has 1 amide bonds. The first-order chi connectivity index (χ1) is 14.7. The normalized spacial score (nSPS) is 11.8. The number of aryl methyl sites for hydroxylation is 1. The van der Waals surface area contributed by atoms with Gasteiger partial charge in [-0.2, -0.15) is 0 Å². The molecule has 0 fully saturated rings. The number of thioether (sulfide) groups is 1. The number of aromatic amines is 1. The molecule has 3 rings (SSSR count). The zero-order valence-corrected chi connectivity index (χ0v) is 18.7. The van der Waals surface area contributed by atoms with Crippen LogP contribution in [0, 0.1) is 13.8 Å². The molecule has 0 bridgehead atoms. The van der Waals surface area contributed by atoms with Gasteiger partial charge in [-0.3, -0.25) is 14.2 Å². The van der Waals surface area contributed by atoms with Crippen molar-refractivity contribution in [3.63, 3.8) is 0 Å². The minimum absolute atomic E-state index is 0.165. The number of hydrogen-bond acceptors (Lipinski definition) is 7. The molecule has 10 heteroatoms. The molecule has 3 aromatic rings.